The molecular formula is C17H29Cl2IN4O2. The molecule has 0 spiro atoms. The van der Waals surface area contributed by atoms with Gasteiger partial charge >= 0.3 is 0 Å². The van der Waals surface area contributed by atoms with Gasteiger partial charge in [0.2, 0.25) is 0 Å². The molecule has 0 heterocycles. The summed E-state index contributed by atoms with van der Waals surface area (Å²) in [7, 11) is 5.56. The average molecular weight is 519 g/mol. The van der Waals surface area contributed by atoms with Crippen molar-refractivity contribution < 1.29 is 9.47 Å². The lowest BCUT2D eigenvalue weighted by Crippen LogP contribution is -2.42. The Morgan fingerprint density at radius 2 is 1.88 bits per heavy atom. The largest absolute Gasteiger partial charge is 0.490 e. The van der Waals surface area contributed by atoms with E-state index in [1.165, 1.54) is 0 Å². The normalized spacial score (nSPS) is 11.2. The lowest BCUT2D eigenvalue weighted by atomic mass is 10.3. The maximum atomic E-state index is 6.08. The summed E-state index contributed by atoms with van der Waals surface area (Å²) in [5.41, 5.74) is 0. The van der Waals surface area contributed by atoms with E-state index in [4.69, 9.17) is 32.7 Å². The molecule has 0 saturated carbocycles. The smallest absolute Gasteiger partial charge is 0.191 e. The van der Waals surface area contributed by atoms with Gasteiger partial charge in [0.25, 0.3) is 0 Å². The maximum absolute atomic E-state index is 6.08. The zero-order valence-electron chi connectivity index (χ0n) is 15.6. The quantitative estimate of drug-likeness (QED) is 0.204. The first-order valence-electron chi connectivity index (χ1n) is 8.27. The highest BCUT2D eigenvalue weighted by Gasteiger charge is 2.05. The fourth-order valence-electron chi connectivity index (χ4n) is 2.10. The molecule has 0 amide bonds. The topological polar surface area (TPSA) is 58.1 Å². The molecule has 0 unspecified atom stereocenters. The summed E-state index contributed by atoms with van der Waals surface area (Å²) in [4.78, 5) is 6.44. The Kier molecular flexibility index (Phi) is 15.3. The number of aliphatic imine (C=N–C) groups is 1. The molecule has 6 nitrogen and oxygen atoms in total. The number of benzene rings is 1. The minimum atomic E-state index is 0. The third kappa shape index (κ3) is 10.6. The minimum absolute atomic E-state index is 0. The molecule has 1 rings (SSSR count). The molecule has 0 fully saturated rings. The molecule has 150 valence electrons. The second-order valence-corrected chi connectivity index (χ2v) is 6.26. The Balaban J connectivity index is 0.00000625. The Labute approximate surface area is 183 Å². The molecule has 2 N–H and O–H groups in total. The van der Waals surface area contributed by atoms with E-state index in [9.17, 15) is 0 Å². The van der Waals surface area contributed by atoms with Gasteiger partial charge < -0.3 is 25.0 Å². The van der Waals surface area contributed by atoms with Gasteiger partial charge in [-0.1, -0.05) is 29.3 Å². The predicted octanol–water partition coefficient (Wildman–Crippen LogP) is 3.12. The number of nitrogens with zero attached hydrogens (tertiary/aromatic N) is 2. The molecule has 1 aromatic carbocycles. The first-order chi connectivity index (χ1) is 12.1. The van der Waals surface area contributed by atoms with Crippen LogP contribution in [-0.2, 0) is 4.74 Å². The zero-order chi connectivity index (χ0) is 18.5. The summed E-state index contributed by atoms with van der Waals surface area (Å²) in [6.45, 7) is 4.60. The molecule has 0 saturated heterocycles. The summed E-state index contributed by atoms with van der Waals surface area (Å²) in [5, 5.41) is 7.39. The van der Waals surface area contributed by atoms with Crippen LogP contribution in [0.15, 0.2) is 23.2 Å². The van der Waals surface area contributed by atoms with Gasteiger partial charge in [-0.2, -0.15) is 0 Å². The van der Waals surface area contributed by atoms with Gasteiger partial charge in [-0.25, -0.2) is 0 Å². The van der Waals surface area contributed by atoms with Crippen molar-refractivity contribution in [2.45, 2.75) is 6.42 Å². The van der Waals surface area contributed by atoms with Crippen molar-refractivity contribution in [2.24, 2.45) is 4.99 Å². The van der Waals surface area contributed by atoms with Gasteiger partial charge in [0.15, 0.2) is 5.96 Å². The summed E-state index contributed by atoms with van der Waals surface area (Å²) in [6.07, 6.45) is 1.03. The van der Waals surface area contributed by atoms with Crippen LogP contribution in [0.3, 0.4) is 0 Å². The van der Waals surface area contributed by atoms with Crippen molar-refractivity contribution in [3.63, 3.8) is 0 Å². The van der Waals surface area contributed by atoms with Crippen molar-refractivity contribution in [1.82, 2.24) is 15.5 Å². The molecule has 0 bridgehead atoms. The van der Waals surface area contributed by atoms with Crippen LogP contribution in [-0.4, -0.2) is 71.5 Å². The molecule has 26 heavy (non-hydrogen) atoms. The van der Waals surface area contributed by atoms with Gasteiger partial charge in [0.05, 0.1) is 11.6 Å². The maximum Gasteiger partial charge on any atom is 0.191 e. The summed E-state index contributed by atoms with van der Waals surface area (Å²) in [5.74, 6) is 1.32. The number of rotatable bonds is 11. The Morgan fingerprint density at radius 1 is 1.15 bits per heavy atom. The number of likely N-dealkylation sites (N-methyl/N-ethyl adjacent to an activating group) is 1. The standard InChI is InChI=1S/C17H28Cl2N4O2.HI/c1-20-17(21-8-11-23(2)10-5-12-24-3)22-9-13-25-15-7-4-6-14(18)16(15)19;/h4,6-7H,5,8-13H2,1-3H3,(H2,20,21,22);1H. The van der Waals surface area contributed by atoms with E-state index in [0.29, 0.717) is 28.9 Å². The van der Waals surface area contributed by atoms with Crippen LogP contribution in [0.5, 0.6) is 5.75 Å². The molecule has 9 heteroatoms. The fraction of sp³-hybridized carbons (Fsp3) is 0.588. The number of ether oxygens (including phenoxy) is 2. The highest BCUT2D eigenvalue weighted by Crippen LogP contribution is 2.31. The van der Waals surface area contributed by atoms with Crippen molar-refractivity contribution in [2.75, 3.05) is 60.6 Å². The van der Waals surface area contributed by atoms with E-state index in [0.717, 1.165) is 38.6 Å². The minimum Gasteiger partial charge on any atom is -0.490 e. The number of nitrogens with one attached hydrogen (secondary N) is 2. The number of halogens is 3. The molecular weight excluding hydrogens is 490 g/mol. The molecule has 0 atom stereocenters. The van der Waals surface area contributed by atoms with Crippen molar-refractivity contribution in [3.05, 3.63) is 28.2 Å². The third-order valence-electron chi connectivity index (χ3n) is 3.47. The number of methoxy groups -OCH3 is 1. The van der Waals surface area contributed by atoms with Crippen molar-refractivity contribution in [3.8, 4) is 5.75 Å². The molecule has 0 aliphatic rings. The van der Waals surface area contributed by atoms with Crippen LogP contribution >= 0.6 is 47.2 Å². The van der Waals surface area contributed by atoms with Gasteiger partial charge in [0, 0.05) is 40.4 Å². The molecule has 0 aliphatic carbocycles. The van der Waals surface area contributed by atoms with E-state index in [1.54, 1.807) is 32.4 Å². The molecule has 1 aromatic rings. The summed E-state index contributed by atoms with van der Waals surface area (Å²) < 4.78 is 10.7. The molecule has 0 aliphatic heterocycles. The van der Waals surface area contributed by atoms with Crippen LogP contribution in [0.2, 0.25) is 10.0 Å². The Morgan fingerprint density at radius 3 is 2.58 bits per heavy atom. The van der Waals surface area contributed by atoms with E-state index < -0.39 is 0 Å². The highest BCUT2D eigenvalue weighted by atomic mass is 127. The summed E-state index contributed by atoms with van der Waals surface area (Å²) >= 11 is 12.0. The van der Waals surface area contributed by atoms with Crippen LogP contribution in [0.1, 0.15) is 6.42 Å². The van der Waals surface area contributed by atoms with Crippen LogP contribution < -0.4 is 15.4 Å². The lowest BCUT2D eigenvalue weighted by molar-refractivity contribution is 0.180. The van der Waals surface area contributed by atoms with E-state index >= 15 is 0 Å². The zero-order valence-corrected chi connectivity index (χ0v) is 19.4. The monoisotopic (exact) mass is 518 g/mol. The number of guanidine groups is 1. The molecule has 0 aromatic heterocycles. The average Bonchev–Trinajstić information content (AvgIpc) is 2.60. The van der Waals surface area contributed by atoms with E-state index in [-0.39, 0.29) is 24.0 Å². The van der Waals surface area contributed by atoms with Crippen LogP contribution in [0.4, 0.5) is 0 Å². The Hall–Kier alpha value is -0.480. The first kappa shape index (κ1) is 25.5. The van der Waals surface area contributed by atoms with E-state index in [1.807, 2.05) is 0 Å². The fourth-order valence-corrected chi connectivity index (χ4v) is 2.45. The van der Waals surface area contributed by atoms with Gasteiger partial charge in [0.1, 0.15) is 17.4 Å². The van der Waals surface area contributed by atoms with Gasteiger partial charge in [-0.15, -0.1) is 24.0 Å². The first-order valence-corrected chi connectivity index (χ1v) is 9.03. The van der Waals surface area contributed by atoms with Gasteiger partial charge in [-0.05, 0) is 25.6 Å². The third-order valence-corrected chi connectivity index (χ3v) is 4.27. The van der Waals surface area contributed by atoms with Gasteiger partial charge in [-0.3, -0.25) is 4.99 Å². The van der Waals surface area contributed by atoms with Crippen LogP contribution in [0.25, 0.3) is 0 Å². The van der Waals surface area contributed by atoms with E-state index in [2.05, 4.69) is 27.6 Å². The van der Waals surface area contributed by atoms with Crippen molar-refractivity contribution in [1.29, 1.82) is 0 Å². The Bertz CT molecular complexity index is 535. The van der Waals surface area contributed by atoms with Crippen molar-refractivity contribution >= 4 is 53.1 Å². The highest BCUT2D eigenvalue weighted by molar-refractivity contribution is 14.0. The second kappa shape index (κ2) is 15.6. The summed E-state index contributed by atoms with van der Waals surface area (Å²) in [6, 6.07) is 5.33. The second-order valence-electron chi connectivity index (χ2n) is 5.48. The lowest BCUT2D eigenvalue weighted by Gasteiger charge is -2.18. The predicted molar refractivity (Wildman–Crippen MR) is 121 cm³/mol. The molecule has 0 radical (unpaired) electrons. The number of hydrogen-bond donors (Lipinski definition) is 2. The number of hydrogen-bond acceptors (Lipinski definition) is 4. The SMILES string of the molecule is CN=C(NCCOc1cccc(Cl)c1Cl)NCCN(C)CCCOC.I. The van der Waals surface area contributed by atoms with Crippen LogP contribution in [0, 0.1) is 0 Å².